The number of hydrogen-bond donors (Lipinski definition) is 3. The highest BCUT2D eigenvalue weighted by atomic mass is 16.5. The quantitative estimate of drug-likeness (QED) is 0.627. The standard InChI is InChI=1S/C7H12N4O2/c1-2-13-7(12)9-3-5-4-10-11-6(5)8/h4H,2-3H2,1H3,(H,9,12)(H3,8,10,11). The maximum absolute atomic E-state index is 10.8. The Morgan fingerprint density at radius 2 is 2.62 bits per heavy atom. The number of aromatic nitrogens is 2. The number of alkyl carbamates (subject to hydrolysis) is 1. The summed E-state index contributed by atoms with van der Waals surface area (Å²) in [5.41, 5.74) is 6.23. The molecule has 0 bridgehead atoms. The molecule has 6 nitrogen and oxygen atoms in total. The van der Waals surface area contributed by atoms with Gasteiger partial charge in [-0.05, 0) is 6.92 Å². The number of hydrogen-bond acceptors (Lipinski definition) is 4. The number of carbonyl (C=O) groups excluding carboxylic acids is 1. The van der Waals surface area contributed by atoms with Crippen molar-refractivity contribution in [1.82, 2.24) is 15.5 Å². The molecule has 0 aliphatic carbocycles. The summed E-state index contributed by atoms with van der Waals surface area (Å²) < 4.78 is 4.66. The van der Waals surface area contributed by atoms with Crippen LogP contribution < -0.4 is 11.1 Å². The number of amides is 1. The van der Waals surface area contributed by atoms with E-state index in [1.807, 2.05) is 0 Å². The van der Waals surface area contributed by atoms with Crippen LogP contribution in [0.3, 0.4) is 0 Å². The van der Waals surface area contributed by atoms with Crippen LogP contribution in [-0.4, -0.2) is 22.9 Å². The van der Waals surface area contributed by atoms with Crippen molar-refractivity contribution in [3.63, 3.8) is 0 Å². The first kappa shape index (κ1) is 9.37. The van der Waals surface area contributed by atoms with Crippen LogP contribution in [0.15, 0.2) is 6.20 Å². The van der Waals surface area contributed by atoms with Crippen molar-refractivity contribution in [3.05, 3.63) is 11.8 Å². The molecule has 1 heterocycles. The lowest BCUT2D eigenvalue weighted by atomic mass is 10.3. The largest absolute Gasteiger partial charge is 0.450 e. The number of anilines is 1. The zero-order chi connectivity index (χ0) is 9.68. The summed E-state index contributed by atoms with van der Waals surface area (Å²) in [5, 5.41) is 8.79. The molecular weight excluding hydrogens is 172 g/mol. The van der Waals surface area contributed by atoms with Gasteiger partial charge in [-0.2, -0.15) is 5.10 Å². The highest BCUT2D eigenvalue weighted by molar-refractivity contribution is 5.67. The van der Waals surface area contributed by atoms with Crippen molar-refractivity contribution in [2.24, 2.45) is 0 Å². The number of rotatable bonds is 3. The summed E-state index contributed by atoms with van der Waals surface area (Å²) in [6.07, 6.45) is 1.10. The van der Waals surface area contributed by atoms with Crippen LogP contribution in [0.2, 0.25) is 0 Å². The number of carbonyl (C=O) groups is 1. The van der Waals surface area contributed by atoms with Gasteiger partial charge in [0, 0.05) is 5.56 Å². The SMILES string of the molecule is CCOC(=O)NCc1cn[nH]c1N. The number of nitrogens with two attached hydrogens (primary N) is 1. The van der Waals surface area contributed by atoms with Crippen molar-refractivity contribution in [2.75, 3.05) is 12.3 Å². The smallest absolute Gasteiger partial charge is 0.407 e. The van der Waals surface area contributed by atoms with E-state index in [2.05, 4.69) is 20.3 Å². The van der Waals surface area contributed by atoms with E-state index in [-0.39, 0.29) is 0 Å². The van der Waals surface area contributed by atoms with Gasteiger partial charge in [-0.1, -0.05) is 0 Å². The van der Waals surface area contributed by atoms with Crippen molar-refractivity contribution in [3.8, 4) is 0 Å². The minimum Gasteiger partial charge on any atom is -0.450 e. The Balaban J connectivity index is 2.35. The van der Waals surface area contributed by atoms with Gasteiger partial charge in [0.1, 0.15) is 5.82 Å². The number of ether oxygens (including phenoxy) is 1. The predicted octanol–water partition coefficient (Wildman–Crippen LogP) is 0.238. The van der Waals surface area contributed by atoms with Crippen LogP contribution in [0, 0.1) is 0 Å². The van der Waals surface area contributed by atoms with Crippen LogP contribution in [0.25, 0.3) is 0 Å². The molecule has 72 valence electrons. The Labute approximate surface area is 75.5 Å². The van der Waals surface area contributed by atoms with Gasteiger partial charge in [0.2, 0.25) is 0 Å². The van der Waals surface area contributed by atoms with Gasteiger partial charge < -0.3 is 15.8 Å². The van der Waals surface area contributed by atoms with Gasteiger partial charge in [-0.3, -0.25) is 5.10 Å². The molecule has 1 amide bonds. The van der Waals surface area contributed by atoms with Gasteiger partial charge in [0.25, 0.3) is 0 Å². The number of nitrogen functional groups attached to an aromatic ring is 1. The van der Waals surface area contributed by atoms with Gasteiger partial charge in [0.05, 0.1) is 19.3 Å². The topological polar surface area (TPSA) is 93.0 Å². The lowest BCUT2D eigenvalue weighted by Gasteiger charge is -2.03. The van der Waals surface area contributed by atoms with E-state index in [1.165, 1.54) is 0 Å². The third-order valence-electron chi connectivity index (χ3n) is 1.45. The lowest BCUT2D eigenvalue weighted by molar-refractivity contribution is 0.151. The Bertz CT molecular complexity index is 284. The van der Waals surface area contributed by atoms with Crippen LogP contribution in [-0.2, 0) is 11.3 Å². The van der Waals surface area contributed by atoms with Gasteiger partial charge in [-0.25, -0.2) is 4.79 Å². The molecule has 1 rings (SSSR count). The normalized spacial score (nSPS) is 9.62. The number of H-pyrrole nitrogens is 1. The maximum Gasteiger partial charge on any atom is 0.407 e. The molecular formula is C7H12N4O2. The maximum atomic E-state index is 10.8. The molecule has 0 aliphatic rings. The number of nitrogens with one attached hydrogen (secondary N) is 2. The summed E-state index contributed by atoms with van der Waals surface area (Å²) in [5.74, 6) is 0.455. The molecule has 0 unspecified atom stereocenters. The second kappa shape index (κ2) is 4.34. The fourth-order valence-electron chi connectivity index (χ4n) is 0.811. The molecule has 0 saturated heterocycles. The number of nitrogens with zero attached hydrogens (tertiary/aromatic N) is 1. The third-order valence-corrected chi connectivity index (χ3v) is 1.45. The molecule has 1 aromatic rings. The fourth-order valence-corrected chi connectivity index (χ4v) is 0.811. The average molecular weight is 184 g/mol. The molecule has 0 radical (unpaired) electrons. The second-order valence-corrected chi connectivity index (χ2v) is 2.38. The highest BCUT2D eigenvalue weighted by Crippen LogP contribution is 2.04. The zero-order valence-electron chi connectivity index (χ0n) is 7.33. The van der Waals surface area contributed by atoms with Crippen LogP contribution in [0.4, 0.5) is 10.6 Å². The molecule has 4 N–H and O–H groups in total. The first-order valence-corrected chi connectivity index (χ1v) is 3.92. The Kier molecular flexibility index (Phi) is 3.13. The van der Waals surface area contributed by atoms with E-state index < -0.39 is 6.09 Å². The van der Waals surface area contributed by atoms with Gasteiger partial charge in [0.15, 0.2) is 0 Å². The monoisotopic (exact) mass is 184 g/mol. The van der Waals surface area contributed by atoms with Gasteiger partial charge >= 0.3 is 6.09 Å². The molecule has 0 saturated carbocycles. The summed E-state index contributed by atoms with van der Waals surface area (Å²) >= 11 is 0. The van der Waals surface area contributed by atoms with Crippen LogP contribution in [0.5, 0.6) is 0 Å². The zero-order valence-corrected chi connectivity index (χ0v) is 7.33. The van der Waals surface area contributed by atoms with Crippen LogP contribution in [0.1, 0.15) is 12.5 Å². The Hall–Kier alpha value is -1.72. The minimum absolute atomic E-state index is 0.321. The van der Waals surface area contributed by atoms with Crippen molar-refractivity contribution >= 4 is 11.9 Å². The summed E-state index contributed by atoms with van der Waals surface area (Å²) in [6, 6.07) is 0. The molecule has 0 atom stereocenters. The number of aromatic amines is 1. The van der Waals surface area contributed by atoms with Gasteiger partial charge in [-0.15, -0.1) is 0 Å². The first-order valence-electron chi connectivity index (χ1n) is 3.92. The minimum atomic E-state index is -0.455. The van der Waals surface area contributed by atoms with E-state index in [4.69, 9.17) is 5.73 Å². The second-order valence-electron chi connectivity index (χ2n) is 2.38. The van der Waals surface area contributed by atoms with Crippen molar-refractivity contribution in [2.45, 2.75) is 13.5 Å². The molecule has 0 fully saturated rings. The Morgan fingerprint density at radius 1 is 1.85 bits per heavy atom. The van der Waals surface area contributed by atoms with Crippen molar-refractivity contribution < 1.29 is 9.53 Å². The van der Waals surface area contributed by atoms with Crippen molar-refractivity contribution in [1.29, 1.82) is 0 Å². The van der Waals surface area contributed by atoms with E-state index in [1.54, 1.807) is 13.1 Å². The molecule has 13 heavy (non-hydrogen) atoms. The summed E-state index contributed by atoms with van der Waals surface area (Å²) in [6.45, 7) is 2.42. The fraction of sp³-hybridized carbons (Fsp3) is 0.429. The lowest BCUT2D eigenvalue weighted by Crippen LogP contribution is -2.23. The van der Waals surface area contributed by atoms with Crippen LogP contribution >= 0.6 is 0 Å². The predicted molar refractivity (Wildman–Crippen MR) is 46.9 cm³/mol. The molecule has 0 aromatic carbocycles. The molecule has 6 heteroatoms. The van der Waals surface area contributed by atoms with E-state index >= 15 is 0 Å². The third kappa shape index (κ3) is 2.66. The summed E-state index contributed by atoms with van der Waals surface area (Å²) in [4.78, 5) is 10.8. The Morgan fingerprint density at radius 3 is 3.15 bits per heavy atom. The summed E-state index contributed by atoms with van der Waals surface area (Å²) in [7, 11) is 0. The molecule has 0 aliphatic heterocycles. The molecule has 0 spiro atoms. The van der Waals surface area contributed by atoms with E-state index in [0.717, 1.165) is 5.56 Å². The average Bonchev–Trinajstić information content (AvgIpc) is 2.48. The highest BCUT2D eigenvalue weighted by Gasteiger charge is 2.03. The van der Waals surface area contributed by atoms with E-state index in [0.29, 0.717) is 19.0 Å². The van der Waals surface area contributed by atoms with E-state index in [9.17, 15) is 4.79 Å². The first-order chi connectivity index (χ1) is 6.24. The molecule has 1 aromatic heterocycles.